The van der Waals surface area contributed by atoms with Gasteiger partial charge in [-0.1, -0.05) is 0 Å². The number of carbonyl (C=O) groups excluding carboxylic acids is 2. The monoisotopic (exact) mass is 264 g/mol. The van der Waals surface area contributed by atoms with E-state index < -0.39 is 23.6 Å². The zero-order chi connectivity index (χ0) is 13.8. The Bertz CT molecular complexity index is 593. The number of phenolic OH excluding ortho intramolecular Hbond substituents is 1. The molecule has 1 aromatic carbocycles. The Morgan fingerprint density at radius 3 is 2.84 bits per heavy atom. The third-order valence-electron chi connectivity index (χ3n) is 3.47. The number of phenols is 1. The summed E-state index contributed by atoms with van der Waals surface area (Å²) in [6.07, 6.45) is -0.713. The molecular formula is C13H12O6. The number of ether oxygens (including phenoxy) is 3. The summed E-state index contributed by atoms with van der Waals surface area (Å²) in [4.78, 5) is 23.4. The third-order valence-corrected chi connectivity index (χ3v) is 3.47. The lowest BCUT2D eigenvalue weighted by Crippen LogP contribution is -2.39. The van der Waals surface area contributed by atoms with Gasteiger partial charge >= 0.3 is 11.9 Å². The van der Waals surface area contributed by atoms with Crippen LogP contribution >= 0.6 is 0 Å². The molecule has 0 bridgehead atoms. The predicted molar refractivity (Wildman–Crippen MR) is 61.9 cm³/mol. The Kier molecular flexibility index (Phi) is 2.26. The van der Waals surface area contributed by atoms with Crippen LogP contribution in [0.2, 0.25) is 0 Å². The summed E-state index contributed by atoms with van der Waals surface area (Å²) in [7, 11) is 1.45. The minimum absolute atomic E-state index is 0.000812. The SMILES string of the molecule is COc1cc(O)c2c(c1)C1OC(=O)CC1(C)OC2=O. The van der Waals surface area contributed by atoms with Gasteiger partial charge in [0, 0.05) is 11.6 Å². The van der Waals surface area contributed by atoms with E-state index in [1.54, 1.807) is 13.0 Å². The van der Waals surface area contributed by atoms with Crippen LogP contribution in [-0.4, -0.2) is 29.8 Å². The molecule has 2 heterocycles. The van der Waals surface area contributed by atoms with E-state index >= 15 is 0 Å². The van der Waals surface area contributed by atoms with Gasteiger partial charge in [-0.25, -0.2) is 4.79 Å². The van der Waals surface area contributed by atoms with Gasteiger partial charge < -0.3 is 19.3 Å². The number of benzene rings is 1. The van der Waals surface area contributed by atoms with Crippen molar-refractivity contribution < 1.29 is 28.9 Å². The van der Waals surface area contributed by atoms with Gasteiger partial charge in [-0.3, -0.25) is 4.79 Å². The first-order valence-electron chi connectivity index (χ1n) is 5.78. The van der Waals surface area contributed by atoms with Crippen molar-refractivity contribution in [1.29, 1.82) is 0 Å². The molecule has 2 unspecified atom stereocenters. The molecule has 2 atom stereocenters. The van der Waals surface area contributed by atoms with E-state index in [1.165, 1.54) is 13.2 Å². The summed E-state index contributed by atoms with van der Waals surface area (Å²) < 4.78 is 15.5. The highest BCUT2D eigenvalue weighted by molar-refractivity contribution is 5.97. The average molecular weight is 264 g/mol. The number of rotatable bonds is 1. The summed E-state index contributed by atoms with van der Waals surface area (Å²) in [5.41, 5.74) is -0.584. The number of methoxy groups -OCH3 is 1. The second-order valence-corrected chi connectivity index (χ2v) is 4.86. The van der Waals surface area contributed by atoms with Crippen molar-refractivity contribution in [3.8, 4) is 11.5 Å². The number of carbonyl (C=O) groups is 2. The minimum atomic E-state index is -1.03. The second-order valence-electron chi connectivity index (χ2n) is 4.86. The lowest BCUT2D eigenvalue weighted by molar-refractivity contribution is -0.143. The van der Waals surface area contributed by atoms with E-state index in [-0.39, 0.29) is 17.7 Å². The molecule has 0 radical (unpaired) electrons. The van der Waals surface area contributed by atoms with Gasteiger partial charge in [0.1, 0.15) is 17.1 Å². The number of hydrogen-bond donors (Lipinski definition) is 1. The van der Waals surface area contributed by atoms with Crippen molar-refractivity contribution in [1.82, 2.24) is 0 Å². The van der Waals surface area contributed by atoms with Gasteiger partial charge in [0.2, 0.25) is 0 Å². The molecule has 2 aliphatic rings. The molecule has 0 amide bonds. The lowest BCUT2D eigenvalue weighted by Gasteiger charge is -2.34. The molecule has 1 N–H and O–H groups in total. The summed E-state index contributed by atoms with van der Waals surface area (Å²) in [5, 5.41) is 9.89. The van der Waals surface area contributed by atoms with Crippen molar-refractivity contribution in [2.45, 2.75) is 25.0 Å². The number of hydrogen-bond acceptors (Lipinski definition) is 6. The van der Waals surface area contributed by atoms with Crippen molar-refractivity contribution in [2.24, 2.45) is 0 Å². The first kappa shape index (κ1) is 11.8. The Balaban J connectivity index is 2.22. The molecule has 6 heteroatoms. The van der Waals surface area contributed by atoms with E-state index in [4.69, 9.17) is 14.2 Å². The highest BCUT2D eigenvalue weighted by Gasteiger charge is 2.54. The van der Waals surface area contributed by atoms with Crippen LogP contribution in [0.25, 0.3) is 0 Å². The molecule has 0 spiro atoms. The highest BCUT2D eigenvalue weighted by Crippen LogP contribution is 2.49. The van der Waals surface area contributed by atoms with E-state index in [0.717, 1.165) is 0 Å². The maximum Gasteiger partial charge on any atom is 0.343 e. The number of esters is 2. The van der Waals surface area contributed by atoms with Crippen molar-refractivity contribution in [3.05, 3.63) is 23.3 Å². The quantitative estimate of drug-likeness (QED) is 0.770. The molecule has 0 aliphatic carbocycles. The largest absolute Gasteiger partial charge is 0.507 e. The molecule has 1 aromatic rings. The summed E-state index contributed by atoms with van der Waals surface area (Å²) in [5.74, 6) is -0.955. The molecule has 19 heavy (non-hydrogen) atoms. The zero-order valence-electron chi connectivity index (χ0n) is 10.4. The van der Waals surface area contributed by atoms with E-state index in [2.05, 4.69) is 0 Å². The van der Waals surface area contributed by atoms with Gasteiger partial charge in [-0.15, -0.1) is 0 Å². The number of fused-ring (bicyclic) bond motifs is 3. The van der Waals surface area contributed by atoms with E-state index in [1.807, 2.05) is 0 Å². The van der Waals surface area contributed by atoms with Crippen LogP contribution in [0.15, 0.2) is 12.1 Å². The van der Waals surface area contributed by atoms with Crippen LogP contribution in [0.4, 0.5) is 0 Å². The second kappa shape index (κ2) is 3.63. The molecule has 0 aromatic heterocycles. The number of aromatic hydroxyl groups is 1. The van der Waals surface area contributed by atoms with E-state index in [0.29, 0.717) is 11.3 Å². The first-order chi connectivity index (χ1) is 8.94. The molecule has 6 nitrogen and oxygen atoms in total. The highest BCUT2D eigenvalue weighted by atomic mass is 16.6. The lowest BCUT2D eigenvalue weighted by atomic mass is 9.86. The van der Waals surface area contributed by atoms with E-state index in [9.17, 15) is 14.7 Å². The Hall–Kier alpha value is -2.24. The van der Waals surface area contributed by atoms with Crippen LogP contribution in [-0.2, 0) is 14.3 Å². The van der Waals surface area contributed by atoms with Gasteiger partial charge in [-0.2, -0.15) is 0 Å². The minimum Gasteiger partial charge on any atom is -0.507 e. The fraction of sp³-hybridized carbons (Fsp3) is 0.385. The average Bonchev–Trinajstić information content (AvgIpc) is 2.62. The van der Waals surface area contributed by atoms with Crippen molar-refractivity contribution in [3.63, 3.8) is 0 Å². The predicted octanol–water partition coefficient (Wildman–Crippen LogP) is 1.32. The smallest absolute Gasteiger partial charge is 0.343 e. The van der Waals surface area contributed by atoms with Crippen LogP contribution in [0, 0.1) is 0 Å². The van der Waals surface area contributed by atoms with Crippen LogP contribution < -0.4 is 4.74 Å². The fourth-order valence-corrected chi connectivity index (χ4v) is 2.59. The van der Waals surface area contributed by atoms with Gasteiger partial charge in [0.25, 0.3) is 0 Å². The Morgan fingerprint density at radius 2 is 2.16 bits per heavy atom. The maximum atomic E-state index is 12.0. The van der Waals surface area contributed by atoms with Crippen molar-refractivity contribution in [2.75, 3.05) is 7.11 Å². The standard InChI is InChI=1S/C13H12O6/c1-13-5-9(15)18-11(13)7-3-6(17-2)4-8(14)10(7)12(16)19-13/h3-4,11,14H,5H2,1-2H3. The molecule has 3 rings (SSSR count). The molecule has 1 fully saturated rings. The fourth-order valence-electron chi connectivity index (χ4n) is 2.59. The van der Waals surface area contributed by atoms with Crippen LogP contribution in [0.1, 0.15) is 35.4 Å². The summed E-state index contributed by atoms with van der Waals surface area (Å²) in [6.45, 7) is 1.64. The molecule has 2 aliphatic heterocycles. The van der Waals surface area contributed by atoms with Crippen LogP contribution in [0.5, 0.6) is 11.5 Å². The van der Waals surface area contributed by atoms with Gasteiger partial charge in [-0.05, 0) is 13.0 Å². The zero-order valence-corrected chi connectivity index (χ0v) is 10.4. The summed E-state index contributed by atoms with van der Waals surface area (Å²) >= 11 is 0. The Labute approximate surface area is 108 Å². The molecular weight excluding hydrogens is 252 g/mol. The normalized spacial score (nSPS) is 28.2. The third kappa shape index (κ3) is 1.56. The Morgan fingerprint density at radius 1 is 1.42 bits per heavy atom. The molecule has 0 saturated carbocycles. The van der Waals surface area contributed by atoms with Gasteiger partial charge in [0.15, 0.2) is 11.7 Å². The molecule has 1 saturated heterocycles. The van der Waals surface area contributed by atoms with Crippen molar-refractivity contribution >= 4 is 11.9 Å². The summed E-state index contributed by atoms with van der Waals surface area (Å²) in [6, 6.07) is 2.90. The topological polar surface area (TPSA) is 82.1 Å². The maximum absolute atomic E-state index is 12.0. The first-order valence-corrected chi connectivity index (χ1v) is 5.78. The molecule has 100 valence electrons. The van der Waals surface area contributed by atoms with Gasteiger partial charge in [0.05, 0.1) is 13.5 Å². The van der Waals surface area contributed by atoms with Crippen LogP contribution in [0.3, 0.4) is 0 Å².